The van der Waals surface area contributed by atoms with Crippen molar-refractivity contribution in [2.75, 3.05) is 7.11 Å². The second-order valence-corrected chi connectivity index (χ2v) is 5.12. The molecule has 78 valence electrons. The van der Waals surface area contributed by atoms with Crippen LogP contribution in [0.3, 0.4) is 0 Å². The monoisotopic (exact) mass is 188 g/mol. The number of methoxy groups -OCH3 is 1. The molecule has 1 aliphatic carbocycles. The zero-order chi connectivity index (χ0) is 10.3. The molecule has 3 unspecified atom stereocenters. The van der Waals surface area contributed by atoms with E-state index >= 15 is 0 Å². The minimum atomic E-state index is -1.03. The Balaban J connectivity index is 2.81. The lowest BCUT2D eigenvalue weighted by Gasteiger charge is -2.46. The van der Waals surface area contributed by atoms with E-state index in [0.29, 0.717) is 6.42 Å². The van der Waals surface area contributed by atoms with Crippen molar-refractivity contribution < 1.29 is 14.9 Å². The standard InChI is InChI=1S/C10H20O3/c1-9(2)5-7(13-4)8(11)10(3,12)6-9/h7-8,11-12H,5-6H2,1-4H3. The average Bonchev–Trinajstić information content (AvgIpc) is 1.95. The number of ether oxygens (including phenoxy) is 1. The lowest BCUT2D eigenvalue weighted by atomic mass is 9.68. The molecule has 0 bridgehead atoms. The summed E-state index contributed by atoms with van der Waals surface area (Å²) in [4.78, 5) is 0. The third kappa shape index (κ3) is 2.22. The van der Waals surface area contributed by atoms with E-state index in [1.54, 1.807) is 14.0 Å². The number of aliphatic hydroxyl groups is 2. The molecule has 1 saturated carbocycles. The maximum Gasteiger partial charge on any atom is 0.108 e. The smallest absolute Gasteiger partial charge is 0.108 e. The molecular weight excluding hydrogens is 168 g/mol. The number of hydrogen-bond acceptors (Lipinski definition) is 3. The average molecular weight is 188 g/mol. The summed E-state index contributed by atoms with van der Waals surface area (Å²) in [6.45, 7) is 5.84. The fraction of sp³-hybridized carbons (Fsp3) is 1.00. The highest BCUT2D eigenvalue weighted by atomic mass is 16.5. The maximum absolute atomic E-state index is 9.95. The van der Waals surface area contributed by atoms with E-state index < -0.39 is 11.7 Å². The SMILES string of the molecule is COC1CC(C)(C)CC(C)(O)C1O. The summed E-state index contributed by atoms with van der Waals surface area (Å²) in [7, 11) is 1.57. The molecular formula is C10H20O3. The van der Waals surface area contributed by atoms with Gasteiger partial charge < -0.3 is 14.9 Å². The minimum Gasteiger partial charge on any atom is -0.387 e. The highest BCUT2D eigenvalue weighted by Crippen LogP contribution is 2.41. The van der Waals surface area contributed by atoms with Crippen LogP contribution in [0.2, 0.25) is 0 Å². The third-order valence-corrected chi connectivity index (χ3v) is 2.88. The topological polar surface area (TPSA) is 49.7 Å². The molecule has 1 fully saturated rings. The van der Waals surface area contributed by atoms with E-state index in [-0.39, 0.29) is 11.5 Å². The number of hydrogen-bond donors (Lipinski definition) is 2. The summed E-state index contributed by atoms with van der Waals surface area (Å²) in [6.07, 6.45) is 0.381. The Labute approximate surface area is 79.7 Å². The van der Waals surface area contributed by atoms with Gasteiger partial charge in [0.15, 0.2) is 0 Å². The van der Waals surface area contributed by atoms with Crippen LogP contribution < -0.4 is 0 Å². The van der Waals surface area contributed by atoms with Gasteiger partial charge in [-0.05, 0) is 25.2 Å². The van der Waals surface area contributed by atoms with Gasteiger partial charge in [-0.1, -0.05) is 13.8 Å². The molecule has 0 spiro atoms. The van der Waals surface area contributed by atoms with Gasteiger partial charge in [-0.15, -0.1) is 0 Å². The van der Waals surface area contributed by atoms with Gasteiger partial charge in [-0.2, -0.15) is 0 Å². The van der Waals surface area contributed by atoms with Crippen LogP contribution in [-0.2, 0) is 4.74 Å². The number of rotatable bonds is 1. The Morgan fingerprint density at radius 2 is 1.85 bits per heavy atom. The molecule has 0 radical (unpaired) electrons. The van der Waals surface area contributed by atoms with Gasteiger partial charge >= 0.3 is 0 Å². The second kappa shape index (κ2) is 3.23. The lowest BCUT2D eigenvalue weighted by molar-refractivity contribution is -0.177. The van der Waals surface area contributed by atoms with Crippen LogP contribution in [0.15, 0.2) is 0 Å². The van der Waals surface area contributed by atoms with Gasteiger partial charge in [0, 0.05) is 7.11 Å². The van der Waals surface area contributed by atoms with Crippen LogP contribution in [0.4, 0.5) is 0 Å². The molecule has 13 heavy (non-hydrogen) atoms. The summed E-state index contributed by atoms with van der Waals surface area (Å²) in [6, 6.07) is 0. The third-order valence-electron chi connectivity index (χ3n) is 2.88. The Kier molecular flexibility index (Phi) is 2.72. The van der Waals surface area contributed by atoms with Crippen LogP contribution in [0.25, 0.3) is 0 Å². The van der Waals surface area contributed by atoms with Crippen molar-refractivity contribution in [3.63, 3.8) is 0 Å². The summed E-state index contributed by atoms with van der Waals surface area (Å²) in [5, 5.41) is 19.7. The van der Waals surface area contributed by atoms with Crippen molar-refractivity contribution in [2.45, 2.75) is 51.4 Å². The van der Waals surface area contributed by atoms with Crippen molar-refractivity contribution in [2.24, 2.45) is 5.41 Å². The van der Waals surface area contributed by atoms with Gasteiger partial charge in [-0.25, -0.2) is 0 Å². The summed E-state index contributed by atoms with van der Waals surface area (Å²) < 4.78 is 5.16. The van der Waals surface area contributed by atoms with Crippen molar-refractivity contribution >= 4 is 0 Å². The lowest BCUT2D eigenvalue weighted by Crippen LogP contribution is -2.55. The highest BCUT2D eigenvalue weighted by Gasteiger charge is 2.47. The van der Waals surface area contributed by atoms with Crippen LogP contribution in [0, 0.1) is 5.41 Å². The maximum atomic E-state index is 9.95. The Morgan fingerprint density at radius 1 is 1.31 bits per heavy atom. The largest absolute Gasteiger partial charge is 0.387 e. The zero-order valence-electron chi connectivity index (χ0n) is 8.87. The Bertz CT molecular complexity index is 187. The van der Waals surface area contributed by atoms with Crippen LogP contribution in [-0.4, -0.2) is 35.1 Å². The van der Waals surface area contributed by atoms with E-state index in [2.05, 4.69) is 13.8 Å². The molecule has 0 aromatic carbocycles. The Hall–Kier alpha value is -0.120. The minimum absolute atomic E-state index is 0.0312. The summed E-state index contributed by atoms with van der Waals surface area (Å²) >= 11 is 0. The van der Waals surface area contributed by atoms with E-state index in [0.717, 1.165) is 6.42 Å². The molecule has 0 aliphatic heterocycles. The van der Waals surface area contributed by atoms with E-state index in [1.165, 1.54) is 0 Å². The summed E-state index contributed by atoms with van der Waals surface area (Å²) in [5.41, 5.74) is -0.994. The van der Waals surface area contributed by atoms with E-state index in [4.69, 9.17) is 4.74 Å². The molecule has 3 nitrogen and oxygen atoms in total. The molecule has 0 aromatic rings. The molecule has 3 atom stereocenters. The zero-order valence-corrected chi connectivity index (χ0v) is 8.87. The van der Waals surface area contributed by atoms with Gasteiger partial charge in [0.25, 0.3) is 0 Å². The molecule has 0 aromatic heterocycles. The van der Waals surface area contributed by atoms with Crippen molar-refractivity contribution in [3.05, 3.63) is 0 Å². The fourth-order valence-corrected chi connectivity index (χ4v) is 2.41. The molecule has 1 rings (SSSR count). The molecule has 2 N–H and O–H groups in total. The molecule has 3 heteroatoms. The van der Waals surface area contributed by atoms with Crippen molar-refractivity contribution in [1.82, 2.24) is 0 Å². The first-order valence-electron chi connectivity index (χ1n) is 4.72. The quantitative estimate of drug-likeness (QED) is 0.643. The molecule has 0 amide bonds. The van der Waals surface area contributed by atoms with Gasteiger partial charge in [0.2, 0.25) is 0 Å². The molecule has 0 heterocycles. The van der Waals surface area contributed by atoms with E-state index in [1.807, 2.05) is 0 Å². The molecule has 0 saturated heterocycles. The summed E-state index contributed by atoms with van der Waals surface area (Å²) in [5.74, 6) is 0. The van der Waals surface area contributed by atoms with Crippen LogP contribution >= 0.6 is 0 Å². The fourth-order valence-electron chi connectivity index (χ4n) is 2.41. The molecule has 1 aliphatic rings. The first kappa shape index (κ1) is 11.0. The van der Waals surface area contributed by atoms with Gasteiger partial charge in [0.1, 0.15) is 6.10 Å². The second-order valence-electron chi connectivity index (χ2n) is 5.12. The predicted octanol–water partition coefficient (Wildman–Crippen LogP) is 0.933. The van der Waals surface area contributed by atoms with Crippen molar-refractivity contribution in [3.8, 4) is 0 Å². The van der Waals surface area contributed by atoms with E-state index in [9.17, 15) is 10.2 Å². The normalized spacial score (nSPS) is 44.8. The highest BCUT2D eigenvalue weighted by molar-refractivity contribution is 4.98. The van der Waals surface area contributed by atoms with Crippen LogP contribution in [0.1, 0.15) is 33.6 Å². The van der Waals surface area contributed by atoms with Gasteiger partial charge in [-0.3, -0.25) is 0 Å². The predicted molar refractivity (Wildman–Crippen MR) is 50.4 cm³/mol. The van der Waals surface area contributed by atoms with Gasteiger partial charge in [0.05, 0.1) is 11.7 Å². The first-order chi connectivity index (χ1) is 5.78. The van der Waals surface area contributed by atoms with Crippen molar-refractivity contribution in [1.29, 1.82) is 0 Å². The van der Waals surface area contributed by atoms with Crippen LogP contribution in [0.5, 0.6) is 0 Å². The Morgan fingerprint density at radius 3 is 2.31 bits per heavy atom. The first-order valence-corrected chi connectivity index (χ1v) is 4.72. The number of aliphatic hydroxyl groups excluding tert-OH is 1.